The molecule has 10 heteroatoms. The fraction of sp³-hybridized carbons (Fsp3) is 0.200. The van der Waals surface area contributed by atoms with Gasteiger partial charge in [-0.05, 0) is 6.07 Å². The summed E-state index contributed by atoms with van der Waals surface area (Å²) in [6.45, 7) is 0.0602. The van der Waals surface area contributed by atoms with Crippen molar-refractivity contribution in [2.75, 3.05) is 32.7 Å². The number of carbonyl (C=O) groups is 1. The van der Waals surface area contributed by atoms with E-state index in [0.717, 1.165) is 5.56 Å². The molecule has 156 valence electrons. The summed E-state index contributed by atoms with van der Waals surface area (Å²) in [5.41, 5.74) is 1.36. The molecule has 3 N–H and O–H groups in total. The summed E-state index contributed by atoms with van der Waals surface area (Å²) in [5, 5.41) is 13.9. The van der Waals surface area contributed by atoms with Gasteiger partial charge >= 0.3 is 6.03 Å². The van der Waals surface area contributed by atoms with E-state index >= 15 is 0 Å². The van der Waals surface area contributed by atoms with Crippen molar-refractivity contribution in [3.8, 4) is 34.3 Å². The molecule has 0 fully saturated rings. The molecule has 3 rings (SSSR count). The fourth-order valence-corrected chi connectivity index (χ4v) is 2.45. The average Bonchev–Trinajstić information content (AvgIpc) is 2.78. The molecule has 0 saturated heterocycles. The number of aliphatic hydroxyl groups is 1. The molecule has 0 radical (unpaired) electrons. The van der Waals surface area contributed by atoms with Crippen molar-refractivity contribution < 1.29 is 24.1 Å². The molecule has 3 aromatic heterocycles. The largest absolute Gasteiger partial charge is 0.495 e. The van der Waals surface area contributed by atoms with E-state index in [4.69, 9.17) is 19.3 Å². The van der Waals surface area contributed by atoms with Gasteiger partial charge in [-0.3, -0.25) is 10.3 Å². The third kappa shape index (κ3) is 5.32. The van der Waals surface area contributed by atoms with Crippen molar-refractivity contribution in [3.63, 3.8) is 0 Å². The first kappa shape index (κ1) is 20.8. The zero-order valence-corrected chi connectivity index (χ0v) is 16.5. The highest BCUT2D eigenvalue weighted by molar-refractivity contribution is 5.88. The normalized spacial score (nSPS) is 10.2. The maximum atomic E-state index is 11.6. The Hall–Kier alpha value is -3.92. The molecule has 0 unspecified atom stereocenters. The summed E-state index contributed by atoms with van der Waals surface area (Å²) in [6.07, 6.45) is 6.28. The van der Waals surface area contributed by atoms with E-state index in [-0.39, 0.29) is 13.2 Å². The number of hydrogen-bond acceptors (Lipinski definition) is 8. The highest BCUT2D eigenvalue weighted by Gasteiger charge is 2.13. The molecule has 0 spiro atoms. The van der Waals surface area contributed by atoms with Gasteiger partial charge in [-0.15, -0.1) is 0 Å². The lowest BCUT2D eigenvalue weighted by Gasteiger charge is -2.14. The Morgan fingerprint density at radius 3 is 2.63 bits per heavy atom. The first-order valence-corrected chi connectivity index (χ1v) is 8.98. The Kier molecular flexibility index (Phi) is 6.95. The van der Waals surface area contributed by atoms with Crippen LogP contribution in [0.2, 0.25) is 0 Å². The fourth-order valence-electron chi connectivity index (χ4n) is 2.45. The molecule has 3 aromatic rings. The van der Waals surface area contributed by atoms with Crippen LogP contribution < -0.4 is 24.8 Å². The Morgan fingerprint density at radius 1 is 1.10 bits per heavy atom. The Bertz CT molecular complexity index is 997. The number of anilines is 1. The van der Waals surface area contributed by atoms with Crippen molar-refractivity contribution in [1.82, 2.24) is 20.3 Å². The number of aliphatic hydroxyl groups excluding tert-OH is 1. The predicted molar refractivity (Wildman–Crippen MR) is 109 cm³/mol. The number of amides is 2. The van der Waals surface area contributed by atoms with Crippen molar-refractivity contribution in [2.24, 2.45) is 0 Å². The summed E-state index contributed by atoms with van der Waals surface area (Å²) < 4.78 is 16.5. The standard InChI is InChI=1S/C20H21N5O5/c1-21-20(27)25-18-8-17(30-15-7-14(28-2)10-22-11-15)16(12-23-18)13-3-4-19(24-9-13)29-6-5-26/h3-4,7-12,26H,5-6H2,1-2H3,(H2,21,23,25,27). The highest BCUT2D eigenvalue weighted by Crippen LogP contribution is 2.35. The lowest BCUT2D eigenvalue weighted by molar-refractivity contribution is 0.196. The number of urea groups is 1. The van der Waals surface area contributed by atoms with E-state index in [9.17, 15) is 4.79 Å². The zero-order chi connectivity index (χ0) is 21.3. The van der Waals surface area contributed by atoms with E-state index in [0.29, 0.717) is 34.5 Å². The van der Waals surface area contributed by atoms with E-state index in [2.05, 4.69) is 25.6 Å². The first-order chi connectivity index (χ1) is 14.6. The molecule has 2 amide bonds. The van der Waals surface area contributed by atoms with Crippen LogP contribution in [0, 0.1) is 0 Å². The monoisotopic (exact) mass is 411 g/mol. The van der Waals surface area contributed by atoms with Crippen LogP contribution in [0.5, 0.6) is 23.1 Å². The van der Waals surface area contributed by atoms with Gasteiger partial charge in [-0.2, -0.15) is 0 Å². The number of rotatable bonds is 8. The molecular weight excluding hydrogens is 390 g/mol. The van der Waals surface area contributed by atoms with E-state index in [1.54, 1.807) is 49.1 Å². The second-order valence-electron chi connectivity index (χ2n) is 5.89. The number of methoxy groups -OCH3 is 1. The third-order valence-corrected chi connectivity index (χ3v) is 3.87. The second kappa shape index (κ2) is 10.0. The quantitative estimate of drug-likeness (QED) is 0.516. The highest BCUT2D eigenvalue weighted by atomic mass is 16.5. The van der Waals surface area contributed by atoms with Gasteiger partial charge in [0.05, 0.1) is 26.1 Å². The smallest absolute Gasteiger partial charge is 0.320 e. The van der Waals surface area contributed by atoms with Crippen LogP contribution in [0.25, 0.3) is 11.1 Å². The summed E-state index contributed by atoms with van der Waals surface area (Å²) >= 11 is 0. The number of aromatic nitrogens is 3. The molecular formula is C20H21N5O5. The van der Waals surface area contributed by atoms with Gasteiger partial charge in [0.25, 0.3) is 0 Å². The van der Waals surface area contributed by atoms with E-state index in [1.807, 2.05) is 0 Å². The number of nitrogens with one attached hydrogen (secondary N) is 2. The molecule has 0 bridgehead atoms. The van der Waals surface area contributed by atoms with Gasteiger partial charge in [0.1, 0.15) is 29.7 Å². The Balaban J connectivity index is 1.95. The molecule has 30 heavy (non-hydrogen) atoms. The average molecular weight is 411 g/mol. The number of nitrogens with zero attached hydrogens (tertiary/aromatic N) is 3. The number of pyridine rings is 3. The second-order valence-corrected chi connectivity index (χ2v) is 5.89. The molecule has 3 heterocycles. The predicted octanol–water partition coefficient (Wildman–Crippen LogP) is 2.46. The van der Waals surface area contributed by atoms with Crippen LogP contribution in [-0.4, -0.2) is 53.5 Å². The van der Waals surface area contributed by atoms with Crippen LogP contribution in [0.4, 0.5) is 10.6 Å². The maximum Gasteiger partial charge on any atom is 0.320 e. The van der Waals surface area contributed by atoms with Crippen molar-refractivity contribution in [3.05, 3.63) is 49.1 Å². The zero-order valence-electron chi connectivity index (χ0n) is 16.5. The molecule has 0 aliphatic rings. The van der Waals surface area contributed by atoms with Crippen molar-refractivity contribution in [1.29, 1.82) is 0 Å². The lowest BCUT2D eigenvalue weighted by Crippen LogP contribution is -2.24. The van der Waals surface area contributed by atoms with Crippen LogP contribution >= 0.6 is 0 Å². The van der Waals surface area contributed by atoms with Crippen molar-refractivity contribution >= 4 is 11.8 Å². The number of ether oxygens (including phenoxy) is 3. The minimum Gasteiger partial charge on any atom is -0.495 e. The van der Waals surface area contributed by atoms with Crippen LogP contribution in [0.15, 0.2) is 49.1 Å². The molecule has 10 nitrogen and oxygen atoms in total. The minimum absolute atomic E-state index is 0.0975. The molecule has 0 saturated carbocycles. The van der Waals surface area contributed by atoms with Gasteiger partial charge in [-0.1, -0.05) is 0 Å². The van der Waals surface area contributed by atoms with E-state index < -0.39 is 6.03 Å². The van der Waals surface area contributed by atoms with Gasteiger partial charge in [0.2, 0.25) is 5.88 Å². The summed E-state index contributed by atoms with van der Waals surface area (Å²) in [6, 6.07) is 6.35. The van der Waals surface area contributed by atoms with Gasteiger partial charge in [0, 0.05) is 48.8 Å². The summed E-state index contributed by atoms with van der Waals surface area (Å²) in [7, 11) is 3.05. The Labute approximate surface area is 172 Å². The Morgan fingerprint density at radius 2 is 1.93 bits per heavy atom. The molecule has 0 atom stereocenters. The van der Waals surface area contributed by atoms with Crippen LogP contribution in [0.1, 0.15) is 0 Å². The van der Waals surface area contributed by atoms with Crippen molar-refractivity contribution in [2.45, 2.75) is 0 Å². The molecule has 0 aliphatic heterocycles. The SMILES string of the molecule is CNC(=O)Nc1cc(Oc2cncc(OC)c2)c(-c2ccc(OCCO)nc2)cn1. The van der Waals surface area contributed by atoms with E-state index in [1.165, 1.54) is 14.2 Å². The minimum atomic E-state index is -0.406. The van der Waals surface area contributed by atoms with Gasteiger partial charge in [0.15, 0.2) is 0 Å². The molecule has 0 aliphatic carbocycles. The lowest BCUT2D eigenvalue weighted by atomic mass is 10.1. The maximum absolute atomic E-state index is 11.6. The summed E-state index contributed by atoms with van der Waals surface area (Å²) in [5.74, 6) is 2.11. The van der Waals surface area contributed by atoms with Gasteiger partial charge < -0.3 is 24.6 Å². The third-order valence-electron chi connectivity index (χ3n) is 3.87. The molecule has 0 aromatic carbocycles. The summed E-state index contributed by atoms with van der Waals surface area (Å²) in [4.78, 5) is 24.2. The topological polar surface area (TPSA) is 128 Å². The van der Waals surface area contributed by atoms with Crippen LogP contribution in [0.3, 0.4) is 0 Å². The van der Waals surface area contributed by atoms with Crippen LogP contribution in [-0.2, 0) is 0 Å². The first-order valence-electron chi connectivity index (χ1n) is 8.98. The number of carbonyl (C=O) groups excluding carboxylic acids is 1. The van der Waals surface area contributed by atoms with Gasteiger partial charge in [-0.25, -0.2) is 14.8 Å². The number of hydrogen-bond donors (Lipinski definition) is 3.